The van der Waals surface area contributed by atoms with Crippen molar-refractivity contribution in [2.45, 2.75) is 4.34 Å². The molecule has 0 aliphatic heterocycles. The Hall–Kier alpha value is -2.29. The molecule has 2 aromatic carbocycles. The highest BCUT2D eigenvalue weighted by atomic mass is 32.2. The van der Waals surface area contributed by atoms with E-state index in [1.165, 1.54) is 4.52 Å². The van der Waals surface area contributed by atoms with E-state index in [-0.39, 0.29) is 4.34 Å². The number of rotatable bonds is 2. The molecule has 0 unspecified atom stereocenters. The number of primary sulfonamides is 1. The molecule has 0 bridgehead atoms. The van der Waals surface area contributed by atoms with Gasteiger partial charge in [-0.1, -0.05) is 53.8 Å². The fraction of sp³-hybridized carbons (Fsp3) is 0. The Labute approximate surface area is 129 Å². The maximum absolute atomic E-state index is 11.4. The van der Waals surface area contributed by atoms with Crippen molar-refractivity contribution in [1.29, 1.82) is 0 Å². The van der Waals surface area contributed by atoms with Crippen LogP contribution in [0, 0.1) is 0 Å². The van der Waals surface area contributed by atoms with E-state index in [0.717, 1.165) is 33.4 Å². The first-order valence-corrected chi connectivity index (χ1v) is 8.76. The molecule has 22 heavy (non-hydrogen) atoms. The average Bonchev–Trinajstić information content (AvgIpc) is 3.06. The van der Waals surface area contributed by atoms with Crippen molar-refractivity contribution in [2.24, 2.45) is 5.14 Å². The van der Waals surface area contributed by atoms with Crippen LogP contribution in [0.2, 0.25) is 0 Å². The van der Waals surface area contributed by atoms with E-state index in [0.29, 0.717) is 4.96 Å². The van der Waals surface area contributed by atoms with Gasteiger partial charge in [-0.25, -0.2) is 23.1 Å². The second-order valence-corrected chi connectivity index (χ2v) is 7.47. The number of imidazole rings is 1. The summed E-state index contributed by atoms with van der Waals surface area (Å²) < 4.78 is 24.3. The molecule has 0 atom stereocenters. The molecule has 0 saturated carbocycles. The number of hydrogen-bond donors (Lipinski definition) is 1. The molecule has 4 aromatic rings. The number of sulfonamides is 1. The van der Waals surface area contributed by atoms with Crippen LogP contribution in [0.5, 0.6) is 0 Å². The van der Waals surface area contributed by atoms with Crippen LogP contribution in [-0.4, -0.2) is 23.0 Å². The number of aromatic nitrogens is 3. The first kappa shape index (κ1) is 13.4. The second kappa shape index (κ2) is 4.60. The Balaban J connectivity index is 2.03. The molecule has 0 saturated heterocycles. The minimum absolute atomic E-state index is 0.142. The summed E-state index contributed by atoms with van der Waals surface area (Å²) in [4.78, 5) is 4.73. The average molecular weight is 330 g/mol. The van der Waals surface area contributed by atoms with E-state index in [1.807, 2.05) is 42.5 Å². The summed E-state index contributed by atoms with van der Waals surface area (Å²) in [6.45, 7) is 0. The lowest BCUT2D eigenvalue weighted by Crippen LogP contribution is -2.12. The van der Waals surface area contributed by atoms with E-state index in [4.69, 9.17) is 5.14 Å². The minimum Gasteiger partial charge on any atom is -0.225 e. The predicted octanol–water partition coefficient (Wildman–Crippen LogP) is 2.26. The molecule has 0 amide bonds. The molecule has 110 valence electrons. The lowest BCUT2D eigenvalue weighted by molar-refractivity contribution is 0.595. The molecule has 0 aliphatic rings. The van der Waals surface area contributed by atoms with Crippen LogP contribution in [0.4, 0.5) is 0 Å². The summed E-state index contributed by atoms with van der Waals surface area (Å²) in [6.07, 6.45) is 1.69. The molecule has 0 radical (unpaired) electrons. The predicted molar refractivity (Wildman–Crippen MR) is 85.2 cm³/mol. The summed E-state index contributed by atoms with van der Waals surface area (Å²) >= 11 is 0.953. The van der Waals surface area contributed by atoms with Gasteiger partial charge >= 0.3 is 0 Å². The zero-order valence-electron chi connectivity index (χ0n) is 11.2. The third kappa shape index (κ3) is 2.00. The molecule has 4 rings (SSSR count). The van der Waals surface area contributed by atoms with Gasteiger partial charge in [0.25, 0.3) is 10.0 Å². The van der Waals surface area contributed by atoms with Gasteiger partial charge in [0.2, 0.25) is 9.30 Å². The summed E-state index contributed by atoms with van der Waals surface area (Å²) in [5.41, 5.74) is 1.68. The van der Waals surface area contributed by atoms with Gasteiger partial charge in [-0.15, -0.1) is 5.10 Å². The van der Waals surface area contributed by atoms with Gasteiger partial charge in [-0.3, -0.25) is 0 Å². The maximum Gasteiger partial charge on any atom is 0.267 e. The number of hydrogen-bond acceptors (Lipinski definition) is 5. The SMILES string of the molecule is NS(=O)(=O)c1nn2c(-c3cccc4ccccc34)cnc2s1. The highest BCUT2D eigenvalue weighted by Gasteiger charge is 2.19. The van der Waals surface area contributed by atoms with Gasteiger partial charge in [0.05, 0.1) is 11.9 Å². The van der Waals surface area contributed by atoms with Crippen LogP contribution in [0.25, 0.3) is 27.0 Å². The summed E-state index contributed by atoms with van der Waals surface area (Å²) in [5, 5.41) is 11.4. The standard InChI is InChI=1S/C14H10N4O2S2/c15-22(19,20)14-17-18-12(8-16-13(18)21-14)11-7-3-5-9-4-1-2-6-10(9)11/h1-8H,(H2,15,19,20). The molecule has 2 N–H and O–H groups in total. The lowest BCUT2D eigenvalue weighted by atomic mass is 10.0. The zero-order valence-corrected chi connectivity index (χ0v) is 12.8. The van der Waals surface area contributed by atoms with E-state index in [1.54, 1.807) is 6.20 Å². The van der Waals surface area contributed by atoms with E-state index in [2.05, 4.69) is 10.1 Å². The van der Waals surface area contributed by atoms with Crippen molar-refractivity contribution >= 4 is 37.1 Å². The van der Waals surface area contributed by atoms with Crippen LogP contribution < -0.4 is 5.14 Å². The minimum atomic E-state index is -3.83. The Morgan fingerprint density at radius 3 is 2.68 bits per heavy atom. The third-order valence-corrected chi connectivity index (χ3v) is 5.61. The quantitative estimate of drug-likeness (QED) is 0.610. The smallest absolute Gasteiger partial charge is 0.225 e. The first-order valence-electron chi connectivity index (χ1n) is 6.39. The zero-order chi connectivity index (χ0) is 15.3. The van der Waals surface area contributed by atoms with E-state index >= 15 is 0 Å². The topological polar surface area (TPSA) is 90.4 Å². The van der Waals surface area contributed by atoms with Gasteiger partial charge in [0.15, 0.2) is 0 Å². The Kier molecular flexibility index (Phi) is 2.80. The van der Waals surface area contributed by atoms with E-state index < -0.39 is 10.0 Å². The summed E-state index contributed by atoms with van der Waals surface area (Å²) in [6, 6.07) is 13.9. The maximum atomic E-state index is 11.4. The summed E-state index contributed by atoms with van der Waals surface area (Å²) in [7, 11) is -3.83. The highest BCUT2D eigenvalue weighted by molar-refractivity contribution is 7.91. The molecular weight excluding hydrogens is 320 g/mol. The van der Waals surface area contributed by atoms with Crippen LogP contribution >= 0.6 is 11.3 Å². The van der Waals surface area contributed by atoms with E-state index in [9.17, 15) is 8.42 Å². The number of nitrogens with zero attached hydrogens (tertiary/aromatic N) is 3. The molecule has 0 spiro atoms. The molecule has 0 aliphatic carbocycles. The fourth-order valence-electron chi connectivity index (χ4n) is 2.42. The van der Waals surface area contributed by atoms with Gasteiger partial charge in [-0.05, 0) is 10.8 Å². The monoisotopic (exact) mass is 330 g/mol. The van der Waals surface area contributed by atoms with Crippen molar-refractivity contribution in [3.05, 3.63) is 48.7 Å². The van der Waals surface area contributed by atoms with Crippen molar-refractivity contribution in [3.8, 4) is 11.3 Å². The van der Waals surface area contributed by atoms with Crippen molar-refractivity contribution in [1.82, 2.24) is 14.6 Å². The van der Waals surface area contributed by atoms with Crippen molar-refractivity contribution in [3.63, 3.8) is 0 Å². The highest BCUT2D eigenvalue weighted by Crippen LogP contribution is 2.30. The second-order valence-electron chi connectivity index (χ2n) is 4.78. The Morgan fingerprint density at radius 1 is 1.09 bits per heavy atom. The van der Waals surface area contributed by atoms with Crippen LogP contribution in [0.1, 0.15) is 0 Å². The van der Waals surface area contributed by atoms with Gasteiger partial charge < -0.3 is 0 Å². The Bertz CT molecular complexity index is 1110. The number of fused-ring (bicyclic) bond motifs is 2. The third-order valence-electron chi connectivity index (χ3n) is 3.38. The first-order chi connectivity index (χ1) is 10.5. The van der Waals surface area contributed by atoms with Crippen LogP contribution in [0.15, 0.2) is 53.0 Å². The van der Waals surface area contributed by atoms with Crippen LogP contribution in [-0.2, 0) is 10.0 Å². The molecular formula is C14H10N4O2S2. The lowest BCUT2D eigenvalue weighted by Gasteiger charge is -2.04. The van der Waals surface area contributed by atoms with Gasteiger partial charge in [0, 0.05) is 5.56 Å². The fourth-order valence-corrected chi connectivity index (χ4v) is 3.92. The number of nitrogens with two attached hydrogens (primary N) is 1. The van der Waals surface area contributed by atoms with Gasteiger partial charge in [0.1, 0.15) is 0 Å². The summed E-state index contributed by atoms with van der Waals surface area (Å²) in [5.74, 6) is 0. The largest absolute Gasteiger partial charge is 0.267 e. The molecule has 8 heteroatoms. The van der Waals surface area contributed by atoms with Crippen molar-refractivity contribution < 1.29 is 8.42 Å². The Morgan fingerprint density at radius 2 is 1.86 bits per heavy atom. The molecule has 2 aromatic heterocycles. The number of benzene rings is 2. The van der Waals surface area contributed by atoms with Crippen molar-refractivity contribution in [2.75, 3.05) is 0 Å². The van der Waals surface area contributed by atoms with Gasteiger partial charge in [-0.2, -0.15) is 0 Å². The van der Waals surface area contributed by atoms with Crippen LogP contribution in [0.3, 0.4) is 0 Å². The molecule has 6 nitrogen and oxygen atoms in total. The normalized spacial score (nSPS) is 12.2. The molecule has 0 fully saturated rings. The molecule has 2 heterocycles.